The average Bonchev–Trinajstić information content (AvgIpc) is 3.59. The van der Waals surface area contributed by atoms with Crippen LogP contribution in [0.1, 0.15) is 69.1 Å². The first-order valence-electron chi connectivity index (χ1n) is 13.7. The molecule has 0 unspecified atom stereocenters. The molecule has 9 heteroatoms. The van der Waals surface area contributed by atoms with Gasteiger partial charge in [0.1, 0.15) is 11.8 Å². The molecule has 4 aromatic rings. The van der Waals surface area contributed by atoms with Gasteiger partial charge in [-0.3, -0.25) is 9.69 Å². The average molecular weight is 531 g/mol. The standard InChI is InChI=1S/C30H38N6O3/c1-6-38-23-12-10-21(11-13-23)18-35(19-24-8-7-15-39-24)27(28-32-33-34-36(28)30(3,4)5)25-17-22-16-20(2)9-14-26(22)31-29(25)37/h9-14,16-17,24,27H,6-8,15,18-19H2,1-5H3,(H,31,37)/t24-,27+/m0/s1. The van der Waals surface area contributed by atoms with Gasteiger partial charge in [-0.2, -0.15) is 0 Å². The summed E-state index contributed by atoms with van der Waals surface area (Å²) in [6.07, 6.45) is 2.07. The molecule has 206 valence electrons. The molecule has 1 N–H and O–H groups in total. The quantitative estimate of drug-likeness (QED) is 0.334. The van der Waals surface area contributed by atoms with E-state index >= 15 is 0 Å². The Morgan fingerprint density at radius 1 is 1.18 bits per heavy atom. The molecule has 0 spiro atoms. The van der Waals surface area contributed by atoms with Crippen molar-refractivity contribution >= 4 is 10.9 Å². The zero-order chi connectivity index (χ0) is 27.6. The Morgan fingerprint density at radius 2 is 1.97 bits per heavy atom. The van der Waals surface area contributed by atoms with E-state index in [1.807, 2.05) is 41.9 Å². The van der Waals surface area contributed by atoms with Crippen molar-refractivity contribution < 1.29 is 9.47 Å². The van der Waals surface area contributed by atoms with Crippen LogP contribution in [0.2, 0.25) is 0 Å². The maximum atomic E-state index is 13.7. The smallest absolute Gasteiger partial charge is 0.253 e. The SMILES string of the molecule is CCOc1ccc(CN(C[C@@H]2CCCO2)[C@H](c2cc3cc(C)ccc3[nH]c2=O)c2nnnn2C(C)(C)C)cc1. The van der Waals surface area contributed by atoms with Gasteiger partial charge in [-0.25, -0.2) is 4.68 Å². The van der Waals surface area contributed by atoms with Crippen molar-refractivity contribution in [2.45, 2.75) is 71.7 Å². The second-order valence-corrected chi connectivity index (χ2v) is 11.3. The molecule has 9 nitrogen and oxygen atoms in total. The van der Waals surface area contributed by atoms with Crippen LogP contribution in [0.3, 0.4) is 0 Å². The third-order valence-corrected chi connectivity index (χ3v) is 7.14. The number of rotatable bonds is 9. The molecule has 2 atom stereocenters. The summed E-state index contributed by atoms with van der Waals surface area (Å²) in [4.78, 5) is 19.1. The molecule has 2 aromatic heterocycles. The molecular weight excluding hydrogens is 492 g/mol. The number of aryl methyl sites for hydroxylation is 1. The van der Waals surface area contributed by atoms with Crippen molar-refractivity contribution in [1.29, 1.82) is 0 Å². The summed E-state index contributed by atoms with van der Waals surface area (Å²) >= 11 is 0. The first kappa shape index (κ1) is 27.0. The number of H-pyrrole nitrogens is 1. The molecule has 2 aromatic carbocycles. The monoisotopic (exact) mass is 530 g/mol. The second kappa shape index (κ2) is 11.3. The van der Waals surface area contributed by atoms with Gasteiger partial charge in [0, 0.05) is 30.8 Å². The van der Waals surface area contributed by atoms with Crippen LogP contribution in [0.5, 0.6) is 5.75 Å². The number of pyridine rings is 1. The van der Waals surface area contributed by atoms with Crippen molar-refractivity contribution in [2.75, 3.05) is 19.8 Å². The molecule has 0 amide bonds. The Balaban J connectivity index is 1.66. The number of hydrogen-bond acceptors (Lipinski definition) is 7. The normalized spacial score (nSPS) is 16.7. The lowest BCUT2D eigenvalue weighted by Crippen LogP contribution is -2.40. The molecule has 0 radical (unpaired) electrons. The molecule has 1 aliphatic heterocycles. The van der Waals surface area contributed by atoms with Crippen molar-refractivity contribution in [3.8, 4) is 5.75 Å². The minimum atomic E-state index is -0.497. The first-order valence-corrected chi connectivity index (χ1v) is 13.7. The Hall–Kier alpha value is -3.56. The van der Waals surface area contributed by atoms with E-state index in [0.717, 1.165) is 47.2 Å². The van der Waals surface area contributed by atoms with Crippen LogP contribution in [-0.4, -0.2) is 56.0 Å². The maximum absolute atomic E-state index is 13.7. The summed E-state index contributed by atoms with van der Waals surface area (Å²) in [6, 6.07) is 15.7. The summed E-state index contributed by atoms with van der Waals surface area (Å²) < 4.78 is 13.6. The van der Waals surface area contributed by atoms with Gasteiger partial charge in [-0.05, 0) is 99.2 Å². The lowest BCUT2D eigenvalue weighted by Gasteiger charge is -2.34. The van der Waals surface area contributed by atoms with Gasteiger partial charge in [0.25, 0.3) is 5.56 Å². The molecule has 0 bridgehead atoms. The molecule has 1 aliphatic rings. The van der Waals surface area contributed by atoms with E-state index in [0.29, 0.717) is 31.1 Å². The molecule has 1 fully saturated rings. The van der Waals surface area contributed by atoms with E-state index < -0.39 is 6.04 Å². The number of aromatic amines is 1. The maximum Gasteiger partial charge on any atom is 0.253 e. The van der Waals surface area contributed by atoms with Crippen LogP contribution in [-0.2, 0) is 16.8 Å². The topological polar surface area (TPSA) is 98.2 Å². The van der Waals surface area contributed by atoms with E-state index in [4.69, 9.17) is 9.47 Å². The minimum absolute atomic E-state index is 0.0657. The van der Waals surface area contributed by atoms with E-state index in [9.17, 15) is 4.79 Å². The van der Waals surface area contributed by atoms with Crippen LogP contribution < -0.4 is 10.3 Å². The molecule has 39 heavy (non-hydrogen) atoms. The van der Waals surface area contributed by atoms with Crippen molar-refractivity contribution in [3.63, 3.8) is 0 Å². The minimum Gasteiger partial charge on any atom is -0.494 e. The van der Waals surface area contributed by atoms with Gasteiger partial charge in [-0.1, -0.05) is 23.8 Å². The van der Waals surface area contributed by atoms with Crippen LogP contribution in [0.4, 0.5) is 0 Å². The third kappa shape index (κ3) is 6.04. The van der Waals surface area contributed by atoms with E-state index in [-0.39, 0.29) is 17.2 Å². The lowest BCUT2D eigenvalue weighted by molar-refractivity contribution is 0.0564. The fourth-order valence-corrected chi connectivity index (χ4v) is 5.29. The van der Waals surface area contributed by atoms with Gasteiger partial charge in [0.05, 0.1) is 18.2 Å². The van der Waals surface area contributed by atoms with Gasteiger partial charge in [0.15, 0.2) is 5.82 Å². The number of aromatic nitrogens is 5. The summed E-state index contributed by atoms with van der Waals surface area (Å²) in [5.41, 5.74) is 3.11. The summed E-state index contributed by atoms with van der Waals surface area (Å²) in [5, 5.41) is 13.9. The van der Waals surface area contributed by atoms with Crippen LogP contribution in [0, 0.1) is 6.92 Å². The molecule has 0 saturated carbocycles. The van der Waals surface area contributed by atoms with E-state index in [1.165, 1.54) is 0 Å². The van der Waals surface area contributed by atoms with Crippen LogP contribution in [0.25, 0.3) is 10.9 Å². The molecule has 3 heterocycles. The highest BCUT2D eigenvalue weighted by Gasteiger charge is 2.35. The molecule has 0 aliphatic carbocycles. The molecular formula is C30H38N6O3. The Morgan fingerprint density at radius 3 is 2.67 bits per heavy atom. The molecule has 5 rings (SSSR count). The highest BCUT2D eigenvalue weighted by Crippen LogP contribution is 2.32. The number of nitrogens with zero attached hydrogens (tertiary/aromatic N) is 5. The highest BCUT2D eigenvalue weighted by atomic mass is 16.5. The zero-order valence-electron chi connectivity index (χ0n) is 23.5. The summed E-state index contributed by atoms with van der Waals surface area (Å²) in [6.45, 7) is 12.8. The van der Waals surface area contributed by atoms with Crippen molar-refractivity contribution in [2.24, 2.45) is 0 Å². The van der Waals surface area contributed by atoms with Gasteiger partial charge in [0.2, 0.25) is 0 Å². The zero-order valence-corrected chi connectivity index (χ0v) is 23.5. The van der Waals surface area contributed by atoms with Crippen molar-refractivity contribution in [1.82, 2.24) is 30.1 Å². The highest BCUT2D eigenvalue weighted by molar-refractivity contribution is 5.79. The predicted molar refractivity (Wildman–Crippen MR) is 151 cm³/mol. The number of nitrogens with one attached hydrogen (secondary N) is 1. The summed E-state index contributed by atoms with van der Waals surface area (Å²) in [5.74, 6) is 1.46. The fraction of sp³-hybridized carbons (Fsp3) is 0.467. The van der Waals surface area contributed by atoms with E-state index in [1.54, 1.807) is 0 Å². The number of tetrazole rings is 1. The predicted octanol–water partition coefficient (Wildman–Crippen LogP) is 4.75. The molecule has 1 saturated heterocycles. The fourth-order valence-electron chi connectivity index (χ4n) is 5.29. The number of fused-ring (bicyclic) bond motifs is 1. The van der Waals surface area contributed by atoms with Gasteiger partial charge >= 0.3 is 0 Å². The Bertz CT molecular complexity index is 1460. The number of ether oxygens (including phenoxy) is 2. The van der Waals surface area contributed by atoms with Gasteiger partial charge < -0.3 is 14.5 Å². The second-order valence-electron chi connectivity index (χ2n) is 11.3. The van der Waals surface area contributed by atoms with Crippen LogP contribution in [0.15, 0.2) is 53.3 Å². The van der Waals surface area contributed by atoms with Crippen molar-refractivity contribution in [3.05, 3.63) is 81.4 Å². The van der Waals surface area contributed by atoms with Gasteiger partial charge in [-0.15, -0.1) is 5.10 Å². The third-order valence-electron chi connectivity index (χ3n) is 7.14. The largest absolute Gasteiger partial charge is 0.494 e. The first-order chi connectivity index (χ1) is 18.7. The van der Waals surface area contributed by atoms with E-state index in [2.05, 4.69) is 71.3 Å². The van der Waals surface area contributed by atoms with Crippen LogP contribution >= 0.6 is 0 Å². The Kier molecular flexibility index (Phi) is 7.81. The summed E-state index contributed by atoms with van der Waals surface area (Å²) in [7, 11) is 0. The Labute approximate surface area is 229 Å². The number of hydrogen-bond donors (Lipinski definition) is 1. The number of benzene rings is 2. The lowest BCUT2D eigenvalue weighted by atomic mass is 9.99.